The van der Waals surface area contributed by atoms with Crippen molar-refractivity contribution in [1.82, 2.24) is 0 Å². The average Bonchev–Trinajstić information content (AvgIpc) is 2.68. The van der Waals surface area contributed by atoms with Gasteiger partial charge in [-0.15, -0.1) is 0 Å². The largest absolute Gasteiger partial charge is 0.496 e. The summed E-state index contributed by atoms with van der Waals surface area (Å²) in [5.74, 6) is 0.838. The Hall–Kier alpha value is -3.07. The summed E-state index contributed by atoms with van der Waals surface area (Å²) in [5, 5.41) is 0. The number of hydrogen-bond donors (Lipinski definition) is 0. The summed E-state index contributed by atoms with van der Waals surface area (Å²) < 4.78 is 5.57. The molecule has 0 aliphatic carbocycles. The number of fused-ring (bicyclic) bond motifs is 1. The number of carbonyl (C=O) groups is 1. The molecule has 124 valence electrons. The van der Waals surface area contributed by atoms with Gasteiger partial charge in [-0.25, -0.2) is 0 Å². The maximum Gasteiger partial charge on any atom is 0.259 e. The molecule has 0 fully saturated rings. The number of hydrogen-bond acceptors (Lipinski definition) is 2. The van der Waals surface area contributed by atoms with E-state index in [1.165, 1.54) is 0 Å². The van der Waals surface area contributed by atoms with E-state index in [-0.39, 0.29) is 11.9 Å². The summed E-state index contributed by atoms with van der Waals surface area (Å²) in [6, 6.07) is 25.5. The lowest BCUT2D eigenvalue weighted by atomic mass is 9.88. The van der Waals surface area contributed by atoms with Gasteiger partial charge in [0.1, 0.15) is 5.75 Å². The predicted molar refractivity (Wildman–Crippen MR) is 99.1 cm³/mol. The zero-order valence-electron chi connectivity index (χ0n) is 14.1. The molecule has 0 saturated heterocycles. The number of ether oxygens (including phenoxy) is 1. The van der Waals surface area contributed by atoms with Crippen molar-refractivity contribution in [3.63, 3.8) is 0 Å². The smallest absolute Gasteiger partial charge is 0.259 e. The van der Waals surface area contributed by atoms with E-state index in [1.807, 2.05) is 83.8 Å². The molecular formula is C22H19NO2. The number of carbonyl (C=O) groups excluding carboxylic acids is 1. The van der Waals surface area contributed by atoms with E-state index < -0.39 is 0 Å². The molecule has 4 rings (SSSR count). The van der Waals surface area contributed by atoms with Crippen LogP contribution in [0.15, 0.2) is 78.9 Å². The molecule has 25 heavy (non-hydrogen) atoms. The van der Waals surface area contributed by atoms with Crippen LogP contribution in [-0.4, -0.2) is 13.0 Å². The van der Waals surface area contributed by atoms with Gasteiger partial charge in [-0.05, 0) is 36.2 Å². The highest BCUT2D eigenvalue weighted by atomic mass is 16.5. The fourth-order valence-electron chi connectivity index (χ4n) is 3.55. The third-order valence-electron chi connectivity index (χ3n) is 4.72. The molecule has 0 saturated carbocycles. The second-order valence-corrected chi connectivity index (χ2v) is 6.13. The zero-order chi connectivity index (χ0) is 17.2. The van der Waals surface area contributed by atoms with Crippen LogP contribution < -0.4 is 9.64 Å². The van der Waals surface area contributed by atoms with Crippen molar-refractivity contribution in [2.24, 2.45) is 0 Å². The van der Waals surface area contributed by atoms with Crippen molar-refractivity contribution in [3.05, 3.63) is 95.6 Å². The fourth-order valence-corrected chi connectivity index (χ4v) is 3.55. The van der Waals surface area contributed by atoms with Gasteiger partial charge in [0, 0.05) is 16.8 Å². The molecule has 1 unspecified atom stereocenters. The minimum Gasteiger partial charge on any atom is -0.496 e. The highest BCUT2D eigenvalue weighted by Gasteiger charge is 2.35. The topological polar surface area (TPSA) is 29.5 Å². The van der Waals surface area contributed by atoms with E-state index in [4.69, 9.17) is 4.74 Å². The molecule has 0 spiro atoms. The van der Waals surface area contributed by atoms with Crippen molar-refractivity contribution in [1.29, 1.82) is 0 Å². The molecule has 3 aromatic rings. The van der Waals surface area contributed by atoms with Crippen molar-refractivity contribution >= 4 is 11.6 Å². The first-order valence-corrected chi connectivity index (χ1v) is 8.39. The van der Waals surface area contributed by atoms with E-state index >= 15 is 0 Å². The molecular weight excluding hydrogens is 310 g/mol. The molecule has 0 N–H and O–H groups in total. The number of para-hydroxylation sites is 2. The van der Waals surface area contributed by atoms with Crippen LogP contribution in [0.25, 0.3) is 0 Å². The first kappa shape index (κ1) is 15.5. The Morgan fingerprint density at radius 3 is 2.36 bits per heavy atom. The van der Waals surface area contributed by atoms with Gasteiger partial charge in [0.05, 0.1) is 13.2 Å². The zero-order valence-corrected chi connectivity index (χ0v) is 14.1. The minimum absolute atomic E-state index is 0.0314. The summed E-state index contributed by atoms with van der Waals surface area (Å²) in [6.07, 6.45) is 0.761. The maximum absolute atomic E-state index is 13.3. The highest BCUT2D eigenvalue weighted by Crippen LogP contribution is 2.39. The van der Waals surface area contributed by atoms with Crippen LogP contribution in [-0.2, 0) is 6.42 Å². The third kappa shape index (κ3) is 2.68. The summed E-state index contributed by atoms with van der Waals surface area (Å²) in [5.41, 5.74) is 3.78. The summed E-state index contributed by atoms with van der Waals surface area (Å²) in [6.45, 7) is 0. The number of amides is 1. The van der Waals surface area contributed by atoms with Crippen molar-refractivity contribution in [2.75, 3.05) is 12.0 Å². The molecule has 0 bridgehead atoms. The van der Waals surface area contributed by atoms with E-state index in [1.54, 1.807) is 7.11 Å². The van der Waals surface area contributed by atoms with Crippen LogP contribution in [0.4, 0.5) is 5.69 Å². The van der Waals surface area contributed by atoms with Gasteiger partial charge in [0.2, 0.25) is 0 Å². The van der Waals surface area contributed by atoms with E-state index in [0.717, 1.165) is 34.5 Å². The molecule has 1 heterocycles. The molecule has 1 amide bonds. The van der Waals surface area contributed by atoms with Gasteiger partial charge in [-0.1, -0.05) is 54.6 Å². The summed E-state index contributed by atoms with van der Waals surface area (Å²) in [7, 11) is 1.67. The van der Waals surface area contributed by atoms with Crippen LogP contribution in [0, 0.1) is 0 Å². The Bertz CT molecular complexity index is 905. The maximum atomic E-state index is 13.3. The van der Waals surface area contributed by atoms with Crippen molar-refractivity contribution in [3.8, 4) is 5.75 Å². The summed E-state index contributed by atoms with van der Waals surface area (Å²) in [4.78, 5) is 15.2. The molecule has 0 radical (unpaired) electrons. The second kappa shape index (κ2) is 6.44. The standard InChI is InChI=1S/C22H19NO2/c1-25-21-14-8-7-13-19(21)20-15-16-9-5-6-12-18(16)22(24)23(20)17-10-3-2-4-11-17/h2-14,20H,15H2,1H3. The van der Waals surface area contributed by atoms with Crippen LogP contribution in [0.5, 0.6) is 5.75 Å². The van der Waals surface area contributed by atoms with E-state index in [0.29, 0.717) is 0 Å². The van der Waals surface area contributed by atoms with Gasteiger partial charge < -0.3 is 9.64 Å². The molecule has 3 nitrogen and oxygen atoms in total. The number of methoxy groups -OCH3 is 1. The number of anilines is 1. The first-order chi connectivity index (χ1) is 12.3. The van der Waals surface area contributed by atoms with Crippen molar-refractivity contribution < 1.29 is 9.53 Å². The lowest BCUT2D eigenvalue weighted by Crippen LogP contribution is -2.40. The second-order valence-electron chi connectivity index (χ2n) is 6.13. The normalized spacial score (nSPS) is 16.4. The Balaban J connectivity index is 1.89. The monoisotopic (exact) mass is 329 g/mol. The highest BCUT2D eigenvalue weighted by molar-refractivity contribution is 6.08. The van der Waals surface area contributed by atoms with Crippen LogP contribution in [0.2, 0.25) is 0 Å². The SMILES string of the molecule is COc1ccccc1C1Cc2ccccc2C(=O)N1c1ccccc1. The van der Waals surface area contributed by atoms with Gasteiger partial charge in [-0.2, -0.15) is 0 Å². The number of benzene rings is 3. The molecule has 3 heteroatoms. The van der Waals surface area contributed by atoms with Crippen LogP contribution >= 0.6 is 0 Å². The molecule has 1 aliphatic rings. The Labute approximate surface area is 147 Å². The molecule has 3 aromatic carbocycles. The Morgan fingerprint density at radius 1 is 0.880 bits per heavy atom. The predicted octanol–water partition coefficient (Wildman–Crippen LogP) is 4.64. The fraction of sp³-hybridized carbons (Fsp3) is 0.136. The lowest BCUT2D eigenvalue weighted by Gasteiger charge is -2.37. The quantitative estimate of drug-likeness (QED) is 0.700. The van der Waals surface area contributed by atoms with Gasteiger partial charge in [0.25, 0.3) is 5.91 Å². The van der Waals surface area contributed by atoms with E-state index in [2.05, 4.69) is 0 Å². The molecule has 1 aliphatic heterocycles. The van der Waals surface area contributed by atoms with E-state index in [9.17, 15) is 4.79 Å². The third-order valence-corrected chi connectivity index (χ3v) is 4.72. The first-order valence-electron chi connectivity index (χ1n) is 8.39. The molecule has 0 aromatic heterocycles. The van der Waals surface area contributed by atoms with Crippen molar-refractivity contribution in [2.45, 2.75) is 12.5 Å². The molecule has 1 atom stereocenters. The van der Waals surface area contributed by atoms with Gasteiger partial charge in [-0.3, -0.25) is 4.79 Å². The number of rotatable bonds is 3. The number of nitrogens with zero attached hydrogens (tertiary/aromatic N) is 1. The minimum atomic E-state index is -0.0963. The average molecular weight is 329 g/mol. The van der Waals surface area contributed by atoms with Gasteiger partial charge in [0.15, 0.2) is 0 Å². The van der Waals surface area contributed by atoms with Gasteiger partial charge >= 0.3 is 0 Å². The Kier molecular flexibility index (Phi) is 3.98. The Morgan fingerprint density at radius 2 is 1.56 bits per heavy atom. The summed E-state index contributed by atoms with van der Waals surface area (Å²) >= 11 is 0. The van der Waals surface area contributed by atoms with Crippen LogP contribution in [0.1, 0.15) is 27.5 Å². The lowest BCUT2D eigenvalue weighted by molar-refractivity contribution is 0.0966. The van der Waals surface area contributed by atoms with Crippen LogP contribution in [0.3, 0.4) is 0 Å².